The van der Waals surface area contributed by atoms with Gasteiger partial charge in [-0.1, -0.05) is 6.07 Å². The summed E-state index contributed by atoms with van der Waals surface area (Å²) in [4.78, 5) is 23.8. The summed E-state index contributed by atoms with van der Waals surface area (Å²) in [6, 6.07) is 12.9. The Hall–Kier alpha value is -3.43. The van der Waals surface area contributed by atoms with E-state index in [9.17, 15) is 9.90 Å². The molecule has 1 amide bonds. The van der Waals surface area contributed by atoms with Gasteiger partial charge in [-0.25, -0.2) is 9.97 Å². The Morgan fingerprint density at radius 1 is 1.09 bits per heavy atom. The van der Waals surface area contributed by atoms with Crippen LogP contribution in [0.2, 0.25) is 0 Å². The summed E-state index contributed by atoms with van der Waals surface area (Å²) in [5, 5.41) is 13.7. The van der Waals surface area contributed by atoms with Crippen LogP contribution in [0.5, 0.6) is 17.4 Å². The molecule has 2 aromatic heterocycles. The molecule has 2 N–H and O–H groups in total. The summed E-state index contributed by atoms with van der Waals surface area (Å²) < 4.78 is 15.9. The number of nitrogens with one attached hydrogen (secondary N) is 1. The van der Waals surface area contributed by atoms with Crippen LogP contribution in [0.4, 0.5) is 5.82 Å². The molecule has 0 unspecified atom stereocenters. The Morgan fingerprint density at radius 3 is 2.67 bits per heavy atom. The molecule has 5 rings (SSSR count). The number of fused-ring (bicyclic) bond motifs is 2. The van der Waals surface area contributed by atoms with Gasteiger partial charge in [0.15, 0.2) is 11.5 Å². The van der Waals surface area contributed by atoms with Gasteiger partial charge in [0.2, 0.25) is 12.7 Å². The molecule has 0 bridgehead atoms. The number of likely N-dealkylation sites (tertiary alicyclic amines) is 1. The lowest BCUT2D eigenvalue weighted by atomic mass is 9.90. The maximum Gasteiger partial charge on any atom is 0.257 e. The average molecular weight is 450 g/mol. The van der Waals surface area contributed by atoms with Crippen LogP contribution in [0.25, 0.3) is 11.0 Å². The van der Waals surface area contributed by atoms with E-state index >= 15 is 0 Å². The molecule has 172 valence electrons. The minimum atomic E-state index is -1.41. The van der Waals surface area contributed by atoms with Gasteiger partial charge < -0.3 is 29.5 Å². The molecule has 2 aliphatic heterocycles. The highest BCUT2D eigenvalue weighted by Gasteiger charge is 2.39. The van der Waals surface area contributed by atoms with Gasteiger partial charge in [0.25, 0.3) is 5.91 Å². The number of benzene rings is 1. The third-order valence-corrected chi connectivity index (χ3v) is 6.23. The van der Waals surface area contributed by atoms with Gasteiger partial charge in [0.1, 0.15) is 11.4 Å². The van der Waals surface area contributed by atoms with E-state index in [0.29, 0.717) is 48.7 Å². The Balaban J connectivity index is 1.15. The zero-order valence-electron chi connectivity index (χ0n) is 18.4. The number of hydrogen-bond donors (Lipinski definition) is 2. The van der Waals surface area contributed by atoms with E-state index in [-0.39, 0.29) is 6.79 Å². The number of methoxy groups -OCH3 is 1. The van der Waals surface area contributed by atoms with E-state index in [2.05, 4.69) is 20.2 Å². The van der Waals surface area contributed by atoms with E-state index in [1.807, 2.05) is 18.2 Å². The second kappa shape index (κ2) is 8.84. The number of piperidine rings is 1. The van der Waals surface area contributed by atoms with Crippen molar-refractivity contribution >= 4 is 22.8 Å². The molecule has 0 saturated carbocycles. The molecule has 3 aromatic rings. The first-order valence-electron chi connectivity index (χ1n) is 11.0. The number of rotatable bonds is 6. The maximum absolute atomic E-state index is 12.8. The van der Waals surface area contributed by atoms with Gasteiger partial charge in [-0.15, -0.1) is 0 Å². The average Bonchev–Trinajstić information content (AvgIpc) is 3.31. The van der Waals surface area contributed by atoms with Crippen LogP contribution in [-0.4, -0.2) is 65.0 Å². The van der Waals surface area contributed by atoms with Crippen LogP contribution >= 0.6 is 0 Å². The smallest absolute Gasteiger partial charge is 0.257 e. The monoisotopic (exact) mass is 450 g/mol. The fourth-order valence-electron chi connectivity index (χ4n) is 4.16. The number of carbonyl (C=O) groups excluding carboxylic acids is 1. The largest absolute Gasteiger partial charge is 0.481 e. The zero-order valence-corrected chi connectivity index (χ0v) is 18.4. The Kier molecular flexibility index (Phi) is 5.74. The quantitative estimate of drug-likeness (QED) is 0.590. The van der Waals surface area contributed by atoms with Crippen molar-refractivity contribution in [2.75, 3.05) is 38.9 Å². The predicted octanol–water partition coefficient (Wildman–Crippen LogP) is 2.38. The van der Waals surface area contributed by atoms with Crippen molar-refractivity contribution in [2.45, 2.75) is 24.9 Å². The number of anilines is 1. The summed E-state index contributed by atoms with van der Waals surface area (Å²) in [6.45, 7) is 2.40. The Bertz CT molecular complexity index is 1180. The first kappa shape index (κ1) is 21.4. The van der Waals surface area contributed by atoms with Crippen molar-refractivity contribution in [3.8, 4) is 17.4 Å². The molecule has 0 radical (unpaired) electrons. The molecule has 0 aliphatic carbocycles. The fraction of sp³-hybridized carbons (Fsp3) is 0.375. The standard InChI is InChI=1S/C24H26N4O5/c1-31-22-7-4-17-18(26-22)3-6-21(25-17)27-23(29)24(30)9-12-28(13-10-24)11-8-16-2-5-19-20(14-16)33-15-32-19/h2-7,14,30H,8-13,15H2,1H3,(H,25,27,29). The molecule has 0 spiro atoms. The van der Waals surface area contributed by atoms with Gasteiger partial charge in [-0.3, -0.25) is 4.79 Å². The SMILES string of the molecule is COc1ccc2nc(NC(=O)C3(O)CCN(CCc4ccc5c(c4)OCO5)CC3)ccc2n1. The van der Waals surface area contributed by atoms with E-state index in [1.54, 1.807) is 31.4 Å². The number of pyridine rings is 2. The fourth-order valence-corrected chi connectivity index (χ4v) is 4.16. The minimum Gasteiger partial charge on any atom is -0.481 e. The lowest BCUT2D eigenvalue weighted by Gasteiger charge is -2.37. The van der Waals surface area contributed by atoms with Crippen molar-refractivity contribution in [3.05, 3.63) is 48.0 Å². The number of nitrogens with zero attached hydrogens (tertiary/aromatic N) is 3. The number of carbonyl (C=O) groups is 1. The number of aliphatic hydroxyl groups is 1. The molecule has 1 fully saturated rings. The molecular weight excluding hydrogens is 424 g/mol. The van der Waals surface area contributed by atoms with Gasteiger partial charge in [-0.05, 0) is 55.2 Å². The summed E-state index contributed by atoms with van der Waals surface area (Å²) >= 11 is 0. The summed E-state index contributed by atoms with van der Waals surface area (Å²) in [5.74, 6) is 2.03. The van der Waals surface area contributed by atoms with Crippen molar-refractivity contribution in [1.29, 1.82) is 0 Å². The number of amides is 1. The third-order valence-electron chi connectivity index (χ3n) is 6.23. The van der Waals surface area contributed by atoms with E-state index in [0.717, 1.165) is 24.5 Å². The molecule has 33 heavy (non-hydrogen) atoms. The Labute approximate surface area is 191 Å². The van der Waals surface area contributed by atoms with Gasteiger partial charge in [-0.2, -0.15) is 0 Å². The predicted molar refractivity (Wildman–Crippen MR) is 122 cm³/mol. The van der Waals surface area contributed by atoms with Crippen molar-refractivity contribution in [3.63, 3.8) is 0 Å². The lowest BCUT2D eigenvalue weighted by molar-refractivity contribution is -0.138. The molecule has 1 aromatic carbocycles. The molecule has 2 aliphatic rings. The normalized spacial score (nSPS) is 17.2. The summed E-state index contributed by atoms with van der Waals surface area (Å²) in [5.41, 5.74) is 1.07. The van der Waals surface area contributed by atoms with Crippen LogP contribution < -0.4 is 19.5 Å². The number of hydrogen-bond acceptors (Lipinski definition) is 8. The topological polar surface area (TPSA) is 106 Å². The van der Waals surface area contributed by atoms with E-state index in [4.69, 9.17) is 14.2 Å². The highest BCUT2D eigenvalue weighted by molar-refractivity contribution is 5.97. The van der Waals surface area contributed by atoms with Crippen molar-refractivity contribution in [1.82, 2.24) is 14.9 Å². The molecule has 9 heteroatoms. The first-order valence-corrected chi connectivity index (χ1v) is 11.0. The van der Waals surface area contributed by atoms with E-state index in [1.165, 1.54) is 5.56 Å². The Morgan fingerprint density at radius 2 is 1.85 bits per heavy atom. The van der Waals surface area contributed by atoms with Crippen molar-refractivity contribution < 1.29 is 24.1 Å². The van der Waals surface area contributed by atoms with Crippen LogP contribution in [0.1, 0.15) is 18.4 Å². The lowest BCUT2D eigenvalue weighted by Crippen LogP contribution is -2.52. The van der Waals surface area contributed by atoms with E-state index < -0.39 is 11.5 Å². The first-order chi connectivity index (χ1) is 16.0. The molecular formula is C24H26N4O5. The minimum absolute atomic E-state index is 0.270. The van der Waals surface area contributed by atoms with Crippen LogP contribution in [0.3, 0.4) is 0 Å². The number of aromatic nitrogens is 2. The number of ether oxygens (including phenoxy) is 3. The summed E-state index contributed by atoms with van der Waals surface area (Å²) in [6.07, 6.45) is 1.60. The molecule has 1 saturated heterocycles. The molecule has 0 atom stereocenters. The van der Waals surface area contributed by atoms with Crippen LogP contribution in [0, 0.1) is 0 Å². The second-order valence-electron chi connectivity index (χ2n) is 8.35. The second-order valence-corrected chi connectivity index (χ2v) is 8.35. The zero-order chi connectivity index (χ0) is 22.8. The summed E-state index contributed by atoms with van der Waals surface area (Å²) in [7, 11) is 1.56. The molecule has 9 nitrogen and oxygen atoms in total. The molecule has 4 heterocycles. The van der Waals surface area contributed by atoms with Crippen molar-refractivity contribution in [2.24, 2.45) is 0 Å². The van der Waals surface area contributed by atoms with Crippen LogP contribution in [-0.2, 0) is 11.2 Å². The highest BCUT2D eigenvalue weighted by atomic mass is 16.7. The van der Waals surface area contributed by atoms with Crippen LogP contribution in [0.15, 0.2) is 42.5 Å². The highest BCUT2D eigenvalue weighted by Crippen LogP contribution is 2.33. The van der Waals surface area contributed by atoms with Gasteiger partial charge in [0.05, 0.1) is 18.1 Å². The maximum atomic E-state index is 12.8. The van der Waals surface area contributed by atoms with Gasteiger partial charge in [0, 0.05) is 25.7 Å². The van der Waals surface area contributed by atoms with Gasteiger partial charge >= 0.3 is 0 Å². The third kappa shape index (κ3) is 4.55.